The standard InChI is InChI=1S/C15H15N3/c1-11-4-2-5-12(8-11)15-17-10-14-7-3-6-13(9-16)18(14)15/h2-8,10H,9,16H2,1H3. The Labute approximate surface area is 106 Å². The van der Waals surface area contributed by atoms with E-state index in [1.807, 2.05) is 24.4 Å². The second-order valence-corrected chi connectivity index (χ2v) is 4.43. The highest BCUT2D eigenvalue weighted by Gasteiger charge is 2.08. The zero-order chi connectivity index (χ0) is 12.5. The van der Waals surface area contributed by atoms with Crippen LogP contribution in [0.1, 0.15) is 11.3 Å². The van der Waals surface area contributed by atoms with Crippen LogP contribution in [0.5, 0.6) is 0 Å². The molecule has 3 rings (SSSR count). The first-order valence-corrected chi connectivity index (χ1v) is 6.02. The van der Waals surface area contributed by atoms with E-state index in [1.54, 1.807) is 0 Å². The van der Waals surface area contributed by atoms with Crippen LogP contribution in [0.4, 0.5) is 0 Å². The van der Waals surface area contributed by atoms with Gasteiger partial charge < -0.3 is 5.73 Å². The summed E-state index contributed by atoms with van der Waals surface area (Å²) in [6.07, 6.45) is 1.89. The van der Waals surface area contributed by atoms with E-state index in [0.29, 0.717) is 6.54 Å². The van der Waals surface area contributed by atoms with Gasteiger partial charge in [-0.3, -0.25) is 4.40 Å². The van der Waals surface area contributed by atoms with Crippen molar-refractivity contribution in [1.82, 2.24) is 9.38 Å². The molecule has 0 fully saturated rings. The number of benzene rings is 1. The molecule has 18 heavy (non-hydrogen) atoms. The van der Waals surface area contributed by atoms with Crippen LogP contribution in [0.25, 0.3) is 16.9 Å². The predicted molar refractivity (Wildman–Crippen MR) is 73.3 cm³/mol. The summed E-state index contributed by atoms with van der Waals surface area (Å²) in [4.78, 5) is 4.52. The van der Waals surface area contributed by atoms with E-state index < -0.39 is 0 Å². The van der Waals surface area contributed by atoms with Gasteiger partial charge in [-0.1, -0.05) is 29.8 Å². The lowest BCUT2D eigenvalue weighted by atomic mass is 10.1. The Bertz CT molecular complexity index is 698. The Morgan fingerprint density at radius 2 is 2.00 bits per heavy atom. The van der Waals surface area contributed by atoms with Crippen molar-refractivity contribution in [2.24, 2.45) is 5.73 Å². The molecule has 0 aliphatic rings. The van der Waals surface area contributed by atoms with Crippen LogP contribution in [-0.4, -0.2) is 9.38 Å². The molecule has 2 heterocycles. The fourth-order valence-electron chi connectivity index (χ4n) is 2.26. The third kappa shape index (κ3) is 1.69. The Hall–Kier alpha value is -2.13. The topological polar surface area (TPSA) is 43.3 Å². The van der Waals surface area contributed by atoms with Gasteiger partial charge in [0.05, 0.1) is 11.7 Å². The second kappa shape index (κ2) is 4.27. The lowest BCUT2D eigenvalue weighted by molar-refractivity contribution is 0.946. The van der Waals surface area contributed by atoms with Gasteiger partial charge in [0.15, 0.2) is 0 Å². The third-order valence-electron chi connectivity index (χ3n) is 3.12. The average Bonchev–Trinajstić information content (AvgIpc) is 2.82. The molecule has 0 bridgehead atoms. The summed E-state index contributed by atoms with van der Waals surface area (Å²) in [6.45, 7) is 2.59. The quantitative estimate of drug-likeness (QED) is 0.744. The van der Waals surface area contributed by atoms with Crippen molar-refractivity contribution in [3.63, 3.8) is 0 Å². The van der Waals surface area contributed by atoms with E-state index in [9.17, 15) is 0 Å². The molecule has 3 aromatic rings. The number of nitrogens with zero attached hydrogens (tertiary/aromatic N) is 2. The van der Waals surface area contributed by atoms with Crippen LogP contribution < -0.4 is 5.73 Å². The molecule has 0 saturated heterocycles. The van der Waals surface area contributed by atoms with Gasteiger partial charge in [-0.05, 0) is 25.1 Å². The molecule has 2 aromatic heterocycles. The Balaban J connectivity index is 2.30. The summed E-state index contributed by atoms with van der Waals surface area (Å²) >= 11 is 0. The number of fused-ring (bicyclic) bond motifs is 1. The van der Waals surface area contributed by atoms with Gasteiger partial charge in [0.2, 0.25) is 0 Å². The average molecular weight is 237 g/mol. The molecule has 0 atom stereocenters. The lowest BCUT2D eigenvalue weighted by Gasteiger charge is -2.07. The second-order valence-electron chi connectivity index (χ2n) is 4.43. The first kappa shape index (κ1) is 11.0. The zero-order valence-electron chi connectivity index (χ0n) is 10.3. The van der Waals surface area contributed by atoms with E-state index in [0.717, 1.165) is 22.6 Å². The first-order chi connectivity index (χ1) is 8.79. The summed E-state index contributed by atoms with van der Waals surface area (Å²) in [5.41, 5.74) is 10.3. The van der Waals surface area contributed by atoms with Gasteiger partial charge in [-0.15, -0.1) is 0 Å². The molecule has 1 aromatic carbocycles. The summed E-state index contributed by atoms with van der Waals surface area (Å²) in [5.74, 6) is 0.953. The molecule has 0 radical (unpaired) electrons. The SMILES string of the molecule is Cc1cccc(-c2ncc3cccc(CN)n23)c1. The minimum Gasteiger partial charge on any atom is -0.325 e. The highest BCUT2D eigenvalue weighted by molar-refractivity contribution is 5.63. The molecule has 0 amide bonds. The molecular formula is C15H15N3. The third-order valence-corrected chi connectivity index (χ3v) is 3.12. The van der Waals surface area contributed by atoms with Crippen molar-refractivity contribution in [1.29, 1.82) is 0 Å². The summed E-state index contributed by atoms with van der Waals surface area (Å²) in [5, 5.41) is 0. The van der Waals surface area contributed by atoms with E-state index in [1.165, 1.54) is 5.56 Å². The minimum atomic E-state index is 0.506. The number of pyridine rings is 1. The molecule has 3 heteroatoms. The van der Waals surface area contributed by atoms with Gasteiger partial charge >= 0.3 is 0 Å². The maximum Gasteiger partial charge on any atom is 0.144 e. The number of imidazole rings is 1. The molecule has 90 valence electrons. The molecular weight excluding hydrogens is 222 g/mol. The Morgan fingerprint density at radius 1 is 1.17 bits per heavy atom. The number of aromatic nitrogens is 2. The first-order valence-electron chi connectivity index (χ1n) is 6.02. The minimum absolute atomic E-state index is 0.506. The van der Waals surface area contributed by atoms with E-state index in [2.05, 4.69) is 40.6 Å². The number of hydrogen-bond acceptors (Lipinski definition) is 2. The van der Waals surface area contributed by atoms with E-state index >= 15 is 0 Å². The van der Waals surface area contributed by atoms with Crippen LogP contribution in [0.15, 0.2) is 48.7 Å². The summed E-state index contributed by atoms with van der Waals surface area (Å²) in [7, 11) is 0. The van der Waals surface area contributed by atoms with Gasteiger partial charge in [0.1, 0.15) is 5.82 Å². The number of aryl methyl sites for hydroxylation is 1. The van der Waals surface area contributed by atoms with Crippen LogP contribution in [0.2, 0.25) is 0 Å². The van der Waals surface area contributed by atoms with Crippen molar-refractivity contribution >= 4 is 5.52 Å². The molecule has 0 unspecified atom stereocenters. The van der Waals surface area contributed by atoms with Crippen molar-refractivity contribution in [2.45, 2.75) is 13.5 Å². The summed E-state index contributed by atoms with van der Waals surface area (Å²) in [6, 6.07) is 14.5. The van der Waals surface area contributed by atoms with Crippen molar-refractivity contribution < 1.29 is 0 Å². The fraction of sp³-hybridized carbons (Fsp3) is 0.133. The Kier molecular flexibility index (Phi) is 2.61. The molecule has 0 spiro atoms. The zero-order valence-corrected chi connectivity index (χ0v) is 10.3. The Morgan fingerprint density at radius 3 is 2.78 bits per heavy atom. The molecule has 3 nitrogen and oxygen atoms in total. The monoisotopic (exact) mass is 237 g/mol. The number of rotatable bonds is 2. The van der Waals surface area contributed by atoms with Gasteiger partial charge in [0, 0.05) is 17.8 Å². The fourth-order valence-corrected chi connectivity index (χ4v) is 2.26. The molecule has 0 aliphatic carbocycles. The van der Waals surface area contributed by atoms with Crippen molar-refractivity contribution in [3.8, 4) is 11.4 Å². The predicted octanol–water partition coefficient (Wildman–Crippen LogP) is 2.77. The lowest BCUT2D eigenvalue weighted by Crippen LogP contribution is -2.04. The summed E-state index contributed by atoms with van der Waals surface area (Å²) < 4.78 is 2.12. The van der Waals surface area contributed by atoms with E-state index in [-0.39, 0.29) is 0 Å². The maximum atomic E-state index is 5.80. The number of hydrogen-bond donors (Lipinski definition) is 1. The van der Waals surface area contributed by atoms with Crippen LogP contribution >= 0.6 is 0 Å². The highest BCUT2D eigenvalue weighted by atomic mass is 15.0. The van der Waals surface area contributed by atoms with Gasteiger partial charge in [0.25, 0.3) is 0 Å². The molecule has 2 N–H and O–H groups in total. The van der Waals surface area contributed by atoms with Crippen LogP contribution in [0.3, 0.4) is 0 Å². The molecule has 0 saturated carbocycles. The largest absolute Gasteiger partial charge is 0.325 e. The van der Waals surface area contributed by atoms with Crippen LogP contribution in [-0.2, 0) is 6.54 Å². The van der Waals surface area contributed by atoms with Crippen molar-refractivity contribution in [2.75, 3.05) is 0 Å². The van der Waals surface area contributed by atoms with Gasteiger partial charge in [-0.25, -0.2) is 4.98 Å². The van der Waals surface area contributed by atoms with E-state index in [4.69, 9.17) is 5.73 Å². The van der Waals surface area contributed by atoms with Crippen molar-refractivity contribution in [3.05, 3.63) is 59.9 Å². The molecule has 0 aliphatic heterocycles. The highest BCUT2D eigenvalue weighted by Crippen LogP contribution is 2.22. The number of nitrogens with two attached hydrogens (primary N) is 1. The van der Waals surface area contributed by atoms with Gasteiger partial charge in [-0.2, -0.15) is 0 Å². The normalized spacial score (nSPS) is 11.0. The maximum absolute atomic E-state index is 5.80. The van der Waals surface area contributed by atoms with Crippen LogP contribution in [0, 0.1) is 6.92 Å². The smallest absolute Gasteiger partial charge is 0.144 e.